The predicted octanol–water partition coefficient (Wildman–Crippen LogP) is 2.74. The van der Waals surface area contributed by atoms with Crippen molar-refractivity contribution in [1.29, 1.82) is 0 Å². The normalized spacial score (nSPS) is 16.8. The first-order valence-corrected chi connectivity index (χ1v) is 8.18. The van der Waals surface area contributed by atoms with E-state index >= 15 is 0 Å². The molecule has 0 saturated carbocycles. The zero-order valence-corrected chi connectivity index (χ0v) is 13.2. The van der Waals surface area contributed by atoms with Gasteiger partial charge in [-0.05, 0) is 19.3 Å². The number of hydrogen-bond acceptors (Lipinski definition) is 5. The van der Waals surface area contributed by atoms with E-state index in [1.54, 1.807) is 24.3 Å². The first-order chi connectivity index (χ1) is 11.6. The molecule has 24 heavy (non-hydrogen) atoms. The third kappa shape index (κ3) is 2.01. The second kappa shape index (κ2) is 5.37. The number of anilines is 2. The molecule has 1 aliphatic carbocycles. The van der Waals surface area contributed by atoms with Gasteiger partial charge < -0.3 is 15.7 Å². The van der Waals surface area contributed by atoms with E-state index in [-0.39, 0.29) is 34.1 Å². The Morgan fingerprint density at radius 1 is 0.917 bits per heavy atom. The number of aromatic hydroxyl groups is 1. The molecule has 1 fully saturated rings. The van der Waals surface area contributed by atoms with Gasteiger partial charge in [-0.15, -0.1) is 0 Å². The molecule has 0 bridgehead atoms. The van der Waals surface area contributed by atoms with E-state index in [0.717, 1.165) is 32.4 Å². The molecule has 5 nitrogen and oxygen atoms in total. The maximum absolute atomic E-state index is 12.9. The summed E-state index contributed by atoms with van der Waals surface area (Å²) in [5.41, 5.74) is 8.04. The smallest absolute Gasteiger partial charge is 0.198 e. The van der Waals surface area contributed by atoms with Gasteiger partial charge in [-0.1, -0.05) is 24.3 Å². The van der Waals surface area contributed by atoms with Gasteiger partial charge in [-0.25, -0.2) is 0 Å². The third-order valence-electron chi connectivity index (χ3n) is 4.89. The number of ketones is 2. The first kappa shape index (κ1) is 14.8. The summed E-state index contributed by atoms with van der Waals surface area (Å²) in [7, 11) is 0. The molecule has 5 heteroatoms. The fraction of sp³-hybridized carbons (Fsp3) is 0.263. The van der Waals surface area contributed by atoms with Gasteiger partial charge in [-0.3, -0.25) is 9.59 Å². The quantitative estimate of drug-likeness (QED) is 0.531. The largest absolute Gasteiger partial charge is 0.507 e. The fourth-order valence-electron chi connectivity index (χ4n) is 3.68. The summed E-state index contributed by atoms with van der Waals surface area (Å²) in [6.07, 6.45) is 3.26. The Hall–Kier alpha value is -2.82. The number of fused-ring (bicyclic) bond motifs is 2. The average Bonchev–Trinajstić information content (AvgIpc) is 2.62. The van der Waals surface area contributed by atoms with Crippen molar-refractivity contribution in [2.75, 3.05) is 23.7 Å². The highest BCUT2D eigenvalue weighted by molar-refractivity contribution is 6.31. The average molecular weight is 322 g/mol. The molecule has 4 rings (SSSR count). The van der Waals surface area contributed by atoms with Gasteiger partial charge in [0.05, 0.1) is 22.5 Å². The summed E-state index contributed by atoms with van der Waals surface area (Å²) in [6, 6.07) is 8.19. The standard InChI is InChI=1S/C19H18N2O3/c20-17-13(21-8-4-1-5-9-21)10-14(22)15-16(17)19(24)12-7-3-2-6-11(12)18(15)23/h2-3,6-7,10,22H,1,4-5,8-9,20H2. The molecule has 1 heterocycles. The second-order valence-corrected chi connectivity index (χ2v) is 6.33. The zero-order chi connectivity index (χ0) is 16.8. The molecule has 0 unspecified atom stereocenters. The van der Waals surface area contributed by atoms with Crippen molar-refractivity contribution in [2.45, 2.75) is 19.3 Å². The molecule has 3 N–H and O–H groups in total. The highest BCUT2D eigenvalue weighted by atomic mass is 16.3. The Morgan fingerprint density at radius 2 is 1.50 bits per heavy atom. The molecule has 1 aliphatic heterocycles. The summed E-state index contributed by atoms with van der Waals surface area (Å²) < 4.78 is 0. The van der Waals surface area contributed by atoms with Gasteiger partial charge >= 0.3 is 0 Å². The van der Waals surface area contributed by atoms with E-state index in [9.17, 15) is 14.7 Å². The van der Waals surface area contributed by atoms with Crippen LogP contribution in [0.2, 0.25) is 0 Å². The van der Waals surface area contributed by atoms with Crippen LogP contribution >= 0.6 is 0 Å². The van der Waals surface area contributed by atoms with Crippen molar-refractivity contribution in [1.82, 2.24) is 0 Å². The van der Waals surface area contributed by atoms with Crippen LogP contribution in [0.25, 0.3) is 0 Å². The lowest BCUT2D eigenvalue weighted by atomic mass is 9.82. The Bertz CT molecular complexity index is 867. The lowest BCUT2D eigenvalue weighted by molar-refractivity contribution is 0.0977. The van der Waals surface area contributed by atoms with E-state index in [1.807, 2.05) is 0 Å². The highest BCUT2D eigenvalue weighted by Gasteiger charge is 2.35. The van der Waals surface area contributed by atoms with Crippen LogP contribution < -0.4 is 10.6 Å². The number of nitrogen functional groups attached to an aromatic ring is 1. The van der Waals surface area contributed by atoms with Gasteiger partial charge in [0.2, 0.25) is 0 Å². The Balaban J connectivity index is 1.93. The van der Waals surface area contributed by atoms with Crippen LogP contribution in [0.5, 0.6) is 5.75 Å². The molecule has 1 saturated heterocycles. The Labute approximate surface area is 139 Å². The Kier molecular flexibility index (Phi) is 3.30. The molecule has 2 aromatic carbocycles. The molecule has 0 aromatic heterocycles. The van der Waals surface area contributed by atoms with Crippen LogP contribution in [0.4, 0.5) is 11.4 Å². The summed E-state index contributed by atoms with van der Waals surface area (Å²) in [4.78, 5) is 27.7. The number of hydrogen-bond donors (Lipinski definition) is 2. The molecule has 122 valence electrons. The predicted molar refractivity (Wildman–Crippen MR) is 91.9 cm³/mol. The SMILES string of the molecule is Nc1c(N2CCCCC2)cc(O)c2c1C(=O)c1ccccc1C2=O. The number of piperidine rings is 1. The van der Waals surface area contributed by atoms with E-state index in [0.29, 0.717) is 16.8 Å². The van der Waals surface area contributed by atoms with Gasteiger partial charge in [0, 0.05) is 30.3 Å². The third-order valence-corrected chi connectivity index (χ3v) is 4.89. The van der Waals surface area contributed by atoms with Gasteiger partial charge in [0.1, 0.15) is 5.75 Å². The van der Waals surface area contributed by atoms with Crippen molar-refractivity contribution in [3.8, 4) is 5.75 Å². The monoisotopic (exact) mass is 322 g/mol. The van der Waals surface area contributed by atoms with Gasteiger partial charge in [-0.2, -0.15) is 0 Å². The van der Waals surface area contributed by atoms with Crippen molar-refractivity contribution in [3.63, 3.8) is 0 Å². The minimum absolute atomic E-state index is 0.0250. The van der Waals surface area contributed by atoms with Gasteiger partial charge in [0.15, 0.2) is 11.6 Å². The van der Waals surface area contributed by atoms with Crippen molar-refractivity contribution in [3.05, 3.63) is 52.6 Å². The van der Waals surface area contributed by atoms with Crippen LogP contribution in [0.1, 0.15) is 51.1 Å². The fourth-order valence-corrected chi connectivity index (χ4v) is 3.68. The highest BCUT2D eigenvalue weighted by Crippen LogP contribution is 2.41. The summed E-state index contributed by atoms with van der Waals surface area (Å²) in [6.45, 7) is 1.67. The molecule has 0 spiro atoms. The summed E-state index contributed by atoms with van der Waals surface area (Å²) in [5, 5.41) is 10.5. The van der Waals surface area contributed by atoms with Crippen LogP contribution in [0.3, 0.4) is 0 Å². The molecule has 0 amide bonds. The van der Waals surface area contributed by atoms with Crippen LogP contribution in [-0.2, 0) is 0 Å². The first-order valence-electron chi connectivity index (χ1n) is 8.18. The number of rotatable bonds is 1. The van der Waals surface area contributed by atoms with Crippen LogP contribution in [-0.4, -0.2) is 29.8 Å². The topological polar surface area (TPSA) is 83.6 Å². The van der Waals surface area contributed by atoms with Gasteiger partial charge in [0.25, 0.3) is 0 Å². The molecular formula is C19H18N2O3. The van der Waals surface area contributed by atoms with Crippen LogP contribution in [0, 0.1) is 0 Å². The second-order valence-electron chi connectivity index (χ2n) is 6.33. The molecule has 0 radical (unpaired) electrons. The van der Waals surface area contributed by atoms with E-state index in [2.05, 4.69) is 4.90 Å². The number of benzene rings is 2. The maximum atomic E-state index is 12.9. The molecular weight excluding hydrogens is 304 g/mol. The van der Waals surface area contributed by atoms with Crippen molar-refractivity contribution >= 4 is 22.9 Å². The maximum Gasteiger partial charge on any atom is 0.198 e. The lowest BCUT2D eigenvalue weighted by Crippen LogP contribution is -2.31. The number of carbonyl (C=O) groups is 2. The zero-order valence-electron chi connectivity index (χ0n) is 13.2. The molecule has 0 atom stereocenters. The number of carbonyl (C=O) groups excluding carboxylic acids is 2. The lowest BCUT2D eigenvalue weighted by Gasteiger charge is -2.31. The summed E-state index contributed by atoms with van der Waals surface area (Å²) >= 11 is 0. The molecule has 2 aromatic rings. The number of nitrogens with two attached hydrogens (primary N) is 1. The number of phenolic OH excluding ortho intramolecular Hbond substituents is 1. The van der Waals surface area contributed by atoms with Crippen molar-refractivity contribution in [2.24, 2.45) is 0 Å². The number of phenols is 1. The van der Waals surface area contributed by atoms with E-state index < -0.39 is 0 Å². The Morgan fingerprint density at radius 3 is 2.12 bits per heavy atom. The molecule has 2 aliphatic rings. The van der Waals surface area contributed by atoms with Crippen molar-refractivity contribution < 1.29 is 14.7 Å². The minimum atomic E-state index is -0.352. The minimum Gasteiger partial charge on any atom is -0.507 e. The van der Waals surface area contributed by atoms with E-state index in [4.69, 9.17) is 5.73 Å². The summed E-state index contributed by atoms with van der Waals surface area (Å²) in [5.74, 6) is -0.825. The number of nitrogens with zero attached hydrogens (tertiary/aromatic N) is 1. The van der Waals surface area contributed by atoms with Crippen LogP contribution in [0.15, 0.2) is 30.3 Å². The van der Waals surface area contributed by atoms with E-state index in [1.165, 1.54) is 6.07 Å².